The molecule has 2 aromatic rings. The zero-order valence-electron chi connectivity index (χ0n) is 21.2. The van der Waals surface area contributed by atoms with E-state index in [-0.39, 0.29) is 36.8 Å². The number of ether oxygens (including phenoxy) is 5. The van der Waals surface area contributed by atoms with Gasteiger partial charge in [0, 0.05) is 66.0 Å². The molecule has 12 heteroatoms. The van der Waals surface area contributed by atoms with Crippen molar-refractivity contribution < 1.29 is 42.1 Å². The van der Waals surface area contributed by atoms with Crippen molar-refractivity contribution in [1.82, 2.24) is 0 Å². The number of amides is 1. The first-order chi connectivity index (χ1) is 17.4. The number of nitrogens with two attached hydrogens (primary N) is 1. The van der Waals surface area contributed by atoms with Crippen LogP contribution in [0.5, 0.6) is 0 Å². The normalized spacial score (nSPS) is 11.5. The fraction of sp³-hybridized carbons (Fsp3) is 0.440. The highest BCUT2D eigenvalue weighted by atomic mass is 127. The monoisotopic (exact) mass is 749 g/mol. The summed E-state index contributed by atoms with van der Waals surface area (Å²) in [5, 5.41) is 0. The van der Waals surface area contributed by atoms with Gasteiger partial charge < -0.3 is 29.4 Å². The highest BCUT2D eigenvalue weighted by molar-refractivity contribution is 14.1. The Balaban J connectivity index is 0.000000371. The van der Waals surface area contributed by atoms with Gasteiger partial charge in [-0.05, 0) is 81.6 Å². The van der Waals surface area contributed by atoms with E-state index in [1.54, 1.807) is 24.3 Å². The maximum atomic E-state index is 14.0. The van der Waals surface area contributed by atoms with Crippen molar-refractivity contribution in [2.45, 2.75) is 37.3 Å². The molecule has 0 fully saturated rings. The largest absolute Gasteiger partial charge is 0.469 e. The van der Waals surface area contributed by atoms with E-state index in [0.717, 1.165) is 7.14 Å². The van der Waals surface area contributed by atoms with Gasteiger partial charge in [0.1, 0.15) is 11.6 Å². The number of esters is 1. The first-order valence-electron chi connectivity index (χ1n) is 10.9. The van der Waals surface area contributed by atoms with Gasteiger partial charge in [-0.3, -0.25) is 9.59 Å². The fourth-order valence-electron chi connectivity index (χ4n) is 3.52. The Morgan fingerprint density at radius 2 is 1.14 bits per heavy atom. The van der Waals surface area contributed by atoms with E-state index >= 15 is 0 Å². The predicted molar refractivity (Wildman–Crippen MR) is 149 cm³/mol. The molecule has 0 unspecified atom stereocenters. The maximum absolute atomic E-state index is 14.0. The van der Waals surface area contributed by atoms with Crippen LogP contribution in [-0.4, -0.2) is 47.4 Å². The summed E-state index contributed by atoms with van der Waals surface area (Å²) in [7, 11) is 6.95. The second-order valence-electron chi connectivity index (χ2n) is 7.61. The number of rotatable bonds is 12. The van der Waals surface area contributed by atoms with Crippen molar-refractivity contribution in [3.63, 3.8) is 0 Å². The van der Waals surface area contributed by atoms with E-state index in [4.69, 9.17) is 24.7 Å². The summed E-state index contributed by atoms with van der Waals surface area (Å²) in [5.41, 5.74) is 5.65. The Morgan fingerprint density at radius 3 is 1.46 bits per heavy atom. The summed E-state index contributed by atoms with van der Waals surface area (Å²) >= 11 is 4.14. The van der Waals surface area contributed by atoms with E-state index in [1.165, 1.54) is 47.7 Å². The molecule has 0 aromatic heterocycles. The molecule has 0 atom stereocenters. The molecule has 0 spiro atoms. The lowest BCUT2D eigenvalue weighted by Crippen LogP contribution is -2.33. The van der Waals surface area contributed by atoms with Gasteiger partial charge in [0.05, 0.1) is 13.5 Å². The van der Waals surface area contributed by atoms with Crippen LogP contribution < -0.4 is 5.73 Å². The molecule has 2 rings (SSSR count). The van der Waals surface area contributed by atoms with Gasteiger partial charge in [-0.1, -0.05) is 0 Å². The molecule has 0 aliphatic carbocycles. The Hall–Kier alpha value is -1.46. The van der Waals surface area contributed by atoms with E-state index in [2.05, 4.69) is 49.9 Å². The summed E-state index contributed by atoms with van der Waals surface area (Å²) in [6.07, 6.45) is 0.450. The lowest BCUT2D eigenvalue weighted by atomic mass is 9.99. The molecule has 0 saturated heterocycles. The number of primary amides is 1. The maximum Gasteiger partial charge on any atom is 0.305 e. The quantitative estimate of drug-likeness (QED) is 0.186. The average Bonchev–Trinajstić information content (AvgIpc) is 2.89. The first kappa shape index (κ1) is 33.6. The molecule has 2 N–H and O–H groups in total. The second kappa shape index (κ2) is 15.8. The third-order valence-electron chi connectivity index (χ3n) is 5.58. The number of methoxy groups -OCH3 is 5. The Kier molecular flexibility index (Phi) is 14.4. The molecule has 0 saturated carbocycles. The molecule has 0 aliphatic rings. The van der Waals surface area contributed by atoms with Gasteiger partial charge >= 0.3 is 5.97 Å². The minimum atomic E-state index is -1.29. The standard InChI is InChI=1S/C13H16FIO4.C12H15FINO3/c1-17-12(16)6-7-13(18-2,19-3)10-8-9(15)4-5-11(10)14;1-17-12(18-2,6-5-11(15)16)9-7-8(14)3-4-10(9)13/h4-5,8H,6-7H2,1-3H3;3-4,7H,5-6H2,1-2H3,(H2,15,16). The van der Waals surface area contributed by atoms with Crippen molar-refractivity contribution >= 4 is 57.1 Å². The zero-order chi connectivity index (χ0) is 28.2. The van der Waals surface area contributed by atoms with Crippen LogP contribution in [0.1, 0.15) is 36.8 Å². The summed E-state index contributed by atoms with van der Waals surface area (Å²) in [6, 6.07) is 9.25. The molecule has 8 nitrogen and oxygen atoms in total. The van der Waals surface area contributed by atoms with Crippen molar-refractivity contribution in [2.75, 3.05) is 35.5 Å². The SMILES string of the molecule is COC(=O)CCC(OC)(OC)c1cc(I)ccc1F.COC(CCC(N)=O)(OC)c1cc(I)ccc1F. The van der Waals surface area contributed by atoms with Crippen LogP contribution in [-0.2, 0) is 44.8 Å². The molecule has 37 heavy (non-hydrogen) atoms. The van der Waals surface area contributed by atoms with Crippen LogP contribution in [0, 0.1) is 18.8 Å². The van der Waals surface area contributed by atoms with Crippen LogP contribution in [0.3, 0.4) is 0 Å². The molecular weight excluding hydrogens is 718 g/mol. The molecule has 2 aromatic carbocycles. The van der Waals surface area contributed by atoms with Gasteiger partial charge in [0.25, 0.3) is 0 Å². The van der Waals surface area contributed by atoms with Crippen molar-refractivity contribution in [3.8, 4) is 0 Å². The van der Waals surface area contributed by atoms with Crippen molar-refractivity contribution in [1.29, 1.82) is 0 Å². The van der Waals surface area contributed by atoms with Gasteiger partial charge in [0.2, 0.25) is 5.91 Å². The third-order valence-corrected chi connectivity index (χ3v) is 6.92. The molecule has 0 aliphatic heterocycles. The summed E-state index contributed by atoms with van der Waals surface area (Å²) in [4.78, 5) is 22.1. The number of carbonyl (C=O) groups is 2. The molecule has 0 radical (unpaired) electrons. The number of benzene rings is 2. The lowest BCUT2D eigenvalue weighted by molar-refractivity contribution is -0.223. The minimum absolute atomic E-state index is 0.0482. The topological polar surface area (TPSA) is 106 Å². The van der Waals surface area contributed by atoms with Crippen LogP contribution in [0.25, 0.3) is 0 Å². The number of hydrogen-bond acceptors (Lipinski definition) is 7. The molecular formula is C25H31F2I2NO7. The third kappa shape index (κ3) is 9.35. The number of carbonyl (C=O) groups excluding carboxylic acids is 2. The van der Waals surface area contributed by atoms with E-state index in [0.29, 0.717) is 0 Å². The molecule has 206 valence electrons. The lowest BCUT2D eigenvalue weighted by Gasteiger charge is -2.31. The van der Waals surface area contributed by atoms with Crippen LogP contribution in [0.2, 0.25) is 0 Å². The Labute approximate surface area is 242 Å². The Bertz CT molecular complexity index is 1050. The van der Waals surface area contributed by atoms with Gasteiger partial charge in [-0.15, -0.1) is 0 Å². The molecule has 1 amide bonds. The number of hydrogen-bond donors (Lipinski definition) is 1. The van der Waals surface area contributed by atoms with E-state index in [9.17, 15) is 18.4 Å². The minimum Gasteiger partial charge on any atom is -0.469 e. The van der Waals surface area contributed by atoms with Crippen molar-refractivity contribution in [2.24, 2.45) is 5.73 Å². The average molecular weight is 749 g/mol. The summed E-state index contributed by atoms with van der Waals surface area (Å²) in [6.45, 7) is 0. The van der Waals surface area contributed by atoms with E-state index in [1.807, 2.05) is 0 Å². The number of halogens is 4. The van der Waals surface area contributed by atoms with Gasteiger partial charge in [0.15, 0.2) is 11.6 Å². The van der Waals surface area contributed by atoms with Gasteiger partial charge in [-0.25, -0.2) is 8.78 Å². The second-order valence-corrected chi connectivity index (χ2v) is 10.1. The fourth-order valence-corrected chi connectivity index (χ4v) is 4.50. The Morgan fingerprint density at radius 1 is 0.757 bits per heavy atom. The van der Waals surface area contributed by atoms with Crippen LogP contribution >= 0.6 is 45.2 Å². The molecule has 0 heterocycles. The predicted octanol–water partition coefficient (Wildman–Crippen LogP) is 4.97. The summed E-state index contributed by atoms with van der Waals surface area (Å²) < 4.78 is 55.4. The van der Waals surface area contributed by atoms with Crippen LogP contribution in [0.4, 0.5) is 8.78 Å². The van der Waals surface area contributed by atoms with Crippen LogP contribution in [0.15, 0.2) is 36.4 Å². The highest BCUT2D eigenvalue weighted by Crippen LogP contribution is 2.35. The van der Waals surface area contributed by atoms with Crippen molar-refractivity contribution in [3.05, 3.63) is 66.3 Å². The van der Waals surface area contributed by atoms with Gasteiger partial charge in [-0.2, -0.15) is 0 Å². The summed E-state index contributed by atoms with van der Waals surface area (Å²) in [5.74, 6) is -4.35. The zero-order valence-corrected chi connectivity index (χ0v) is 25.6. The first-order valence-corrected chi connectivity index (χ1v) is 13.1. The van der Waals surface area contributed by atoms with E-state index < -0.39 is 35.1 Å². The highest BCUT2D eigenvalue weighted by Gasteiger charge is 2.36. The smallest absolute Gasteiger partial charge is 0.305 e. The molecule has 0 bridgehead atoms.